The lowest BCUT2D eigenvalue weighted by molar-refractivity contribution is -0.00000701. The van der Waals surface area contributed by atoms with Gasteiger partial charge in [0.05, 0.1) is 18.2 Å². The van der Waals surface area contributed by atoms with Crippen LogP contribution in [-0.4, -0.2) is 18.9 Å². The van der Waals surface area contributed by atoms with Crippen molar-refractivity contribution in [3.05, 3.63) is 102 Å². The van der Waals surface area contributed by atoms with Crippen LogP contribution in [0.25, 0.3) is 11.1 Å². The molecule has 0 aliphatic rings. The molecule has 4 aromatic carbocycles. The Hall–Kier alpha value is -2.13. The number of halogens is 2. The van der Waals surface area contributed by atoms with E-state index in [1.165, 1.54) is 15.9 Å². The average Bonchev–Trinajstić information content (AvgIpc) is 2.81. The molecule has 2 nitrogen and oxygen atoms in total. The molecule has 0 unspecified atom stereocenters. The molecule has 0 spiro atoms. The van der Waals surface area contributed by atoms with Gasteiger partial charge < -0.3 is 26.8 Å². The molecule has 31 heavy (non-hydrogen) atoms. The van der Waals surface area contributed by atoms with Crippen LogP contribution in [0.2, 0.25) is 0 Å². The van der Waals surface area contributed by atoms with Crippen molar-refractivity contribution in [3.8, 4) is 22.6 Å². The van der Waals surface area contributed by atoms with E-state index in [4.69, 9.17) is 4.74 Å². The molecule has 4 rings (SSSR count). The number of ether oxygens (including phenoxy) is 1. The van der Waals surface area contributed by atoms with E-state index >= 15 is 0 Å². The summed E-state index contributed by atoms with van der Waals surface area (Å²) in [6.45, 7) is 2.35. The highest BCUT2D eigenvalue weighted by atomic mass is 79.9. The molecule has 5 heteroatoms. The number of phenols is 1. The monoisotopic (exact) mass is 556 g/mol. The molecule has 0 bridgehead atoms. The minimum absolute atomic E-state index is 0. The first-order chi connectivity index (χ1) is 14.6. The van der Waals surface area contributed by atoms with Crippen LogP contribution in [0, 0.1) is 0 Å². The van der Waals surface area contributed by atoms with Gasteiger partial charge in [-0.1, -0.05) is 54.6 Å². The molecule has 0 aliphatic carbocycles. The molecular weight excluding hydrogens is 535 g/mol. The van der Waals surface area contributed by atoms with Crippen LogP contribution in [0.5, 0.6) is 11.5 Å². The summed E-state index contributed by atoms with van der Waals surface area (Å²) in [5.74, 6) is 0.917. The number of phenolic OH excluding ortho intramolecular Hbond substituents is 1. The predicted molar refractivity (Wildman–Crippen MR) is 132 cm³/mol. The summed E-state index contributed by atoms with van der Waals surface area (Å²) >= 11 is 3.48. The van der Waals surface area contributed by atoms with Crippen molar-refractivity contribution in [2.24, 2.45) is 0 Å². The highest BCUT2D eigenvalue weighted by Crippen LogP contribution is 2.54. The average molecular weight is 558 g/mol. The van der Waals surface area contributed by atoms with E-state index < -0.39 is 7.26 Å². The maximum Gasteiger partial charge on any atom is 0.138 e. The van der Waals surface area contributed by atoms with Crippen LogP contribution in [0.1, 0.15) is 0 Å². The smallest absolute Gasteiger partial charge is 0.138 e. The zero-order valence-corrected chi connectivity index (χ0v) is 21.4. The van der Waals surface area contributed by atoms with Crippen molar-refractivity contribution in [1.29, 1.82) is 0 Å². The minimum atomic E-state index is -1.96. The van der Waals surface area contributed by atoms with Crippen LogP contribution >= 0.6 is 23.2 Å². The zero-order chi connectivity index (χ0) is 21.1. The lowest BCUT2D eigenvalue weighted by Gasteiger charge is -2.25. The van der Waals surface area contributed by atoms with Gasteiger partial charge in [-0.25, -0.2) is 0 Å². The Morgan fingerprint density at radius 2 is 1.26 bits per heavy atom. The van der Waals surface area contributed by atoms with Crippen LogP contribution in [0.15, 0.2) is 102 Å². The lowest BCUT2D eigenvalue weighted by Crippen LogP contribution is -3.00. The Balaban J connectivity index is 0.00000272. The Morgan fingerprint density at radius 3 is 1.81 bits per heavy atom. The second-order valence-corrected chi connectivity index (χ2v) is 11.6. The number of methoxy groups -OCH3 is 1. The molecule has 0 radical (unpaired) electrons. The first-order valence-corrected chi connectivity index (χ1v) is 12.7. The summed E-state index contributed by atoms with van der Waals surface area (Å²) in [6, 6.07) is 33.4. The SMILES string of the molecule is COc1cc(Br)c(O)c(-c2ccccc2[P+](C)(c2ccccc2)c2ccccc2)c1.[Br-]. The third-order valence-electron chi connectivity index (χ3n) is 5.49. The van der Waals surface area contributed by atoms with Gasteiger partial charge in [-0.2, -0.15) is 0 Å². The fourth-order valence-corrected chi connectivity index (χ4v) is 7.76. The predicted octanol–water partition coefficient (Wildman–Crippen LogP) is 2.76. The molecule has 0 saturated heterocycles. The van der Waals surface area contributed by atoms with Gasteiger partial charge in [0.25, 0.3) is 0 Å². The summed E-state index contributed by atoms with van der Waals surface area (Å²) in [4.78, 5) is 0. The third-order valence-corrected chi connectivity index (χ3v) is 10.1. The van der Waals surface area contributed by atoms with Gasteiger partial charge in [0, 0.05) is 11.1 Å². The van der Waals surface area contributed by atoms with E-state index in [9.17, 15) is 5.11 Å². The number of rotatable bonds is 5. The summed E-state index contributed by atoms with van der Waals surface area (Å²) < 4.78 is 6.09. The highest BCUT2D eigenvalue weighted by Gasteiger charge is 2.42. The maximum absolute atomic E-state index is 10.9. The van der Waals surface area contributed by atoms with Gasteiger partial charge in [0.15, 0.2) is 0 Å². The molecule has 158 valence electrons. The zero-order valence-electron chi connectivity index (χ0n) is 17.3. The summed E-state index contributed by atoms with van der Waals surface area (Å²) in [5, 5.41) is 14.7. The molecule has 0 amide bonds. The number of aromatic hydroxyl groups is 1. The van der Waals surface area contributed by atoms with E-state index in [-0.39, 0.29) is 22.7 Å². The second-order valence-electron chi connectivity index (χ2n) is 7.20. The van der Waals surface area contributed by atoms with Crippen molar-refractivity contribution in [3.63, 3.8) is 0 Å². The molecule has 0 aromatic heterocycles. The van der Waals surface area contributed by atoms with Gasteiger partial charge in [0.1, 0.15) is 34.7 Å². The first-order valence-electron chi connectivity index (χ1n) is 9.70. The first kappa shape index (κ1) is 23.5. The van der Waals surface area contributed by atoms with Crippen molar-refractivity contribution in [2.45, 2.75) is 0 Å². The molecular formula is C26H23Br2O2P. The van der Waals surface area contributed by atoms with Crippen LogP contribution in [0.4, 0.5) is 0 Å². The fourth-order valence-electron chi connectivity index (χ4n) is 3.87. The molecule has 0 atom stereocenters. The van der Waals surface area contributed by atoms with E-state index in [0.29, 0.717) is 10.2 Å². The highest BCUT2D eigenvalue weighted by molar-refractivity contribution is 9.10. The maximum atomic E-state index is 10.9. The summed E-state index contributed by atoms with van der Waals surface area (Å²) in [7, 11) is -0.317. The van der Waals surface area contributed by atoms with E-state index in [1.54, 1.807) is 13.2 Å². The second kappa shape index (κ2) is 9.99. The van der Waals surface area contributed by atoms with E-state index in [1.807, 2.05) is 12.1 Å². The largest absolute Gasteiger partial charge is 1.00 e. The summed E-state index contributed by atoms with van der Waals surface area (Å²) in [6.07, 6.45) is 0. The lowest BCUT2D eigenvalue weighted by atomic mass is 10.0. The van der Waals surface area contributed by atoms with Gasteiger partial charge in [-0.15, -0.1) is 0 Å². The Kier molecular flexibility index (Phi) is 7.59. The van der Waals surface area contributed by atoms with Crippen LogP contribution in [-0.2, 0) is 0 Å². The van der Waals surface area contributed by atoms with Crippen molar-refractivity contribution in [2.75, 3.05) is 13.8 Å². The number of benzene rings is 4. The topological polar surface area (TPSA) is 29.5 Å². The Morgan fingerprint density at radius 1 is 0.742 bits per heavy atom. The van der Waals surface area contributed by atoms with Gasteiger partial charge in [-0.3, -0.25) is 0 Å². The Labute approximate surface area is 203 Å². The molecule has 0 fully saturated rings. The Bertz CT molecular complexity index is 1130. The number of hydrogen-bond acceptors (Lipinski definition) is 2. The van der Waals surface area contributed by atoms with E-state index in [0.717, 1.165) is 11.1 Å². The molecule has 0 heterocycles. The molecule has 0 saturated carbocycles. The molecule has 1 N–H and O–H groups in total. The van der Waals surface area contributed by atoms with Crippen molar-refractivity contribution >= 4 is 39.1 Å². The van der Waals surface area contributed by atoms with Crippen LogP contribution < -0.4 is 37.6 Å². The normalized spacial score (nSPS) is 10.9. The third kappa shape index (κ3) is 4.43. The standard InChI is InChI=1S/C26H22BrO2P.BrH/c1-29-19-17-23(26(28)24(27)18-19)22-15-9-10-16-25(22)30(2,20-11-5-3-6-12-20)21-13-7-4-8-14-21;/h3-18H,1-2H3;1H. The van der Waals surface area contributed by atoms with E-state index in [2.05, 4.69) is 101 Å². The summed E-state index contributed by atoms with van der Waals surface area (Å²) in [5.41, 5.74) is 1.77. The fraction of sp³-hybridized carbons (Fsp3) is 0.0769. The number of hydrogen-bond donors (Lipinski definition) is 1. The van der Waals surface area contributed by atoms with Crippen molar-refractivity contribution in [1.82, 2.24) is 0 Å². The minimum Gasteiger partial charge on any atom is -1.00 e. The van der Waals surface area contributed by atoms with Gasteiger partial charge in [-0.05, 0) is 58.4 Å². The van der Waals surface area contributed by atoms with Gasteiger partial charge >= 0.3 is 0 Å². The van der Waals surface area contributed by atoms with Gasteiger partial charge in [0.2, 0.25) is 0 Å². The quantitative estimate of drug-likeness (QED) is 0.382. The van der Waals surface area contributed by atoms with Crippen LogP contribution in [0.3, 0.4) is 0 Å². The molecule has 4 aromatic rings. The van der Waals surface area contributed by atoms with Crippen molar-refractivity contribution < 1.29 is 26.8 Å². The molecule has 0 aliphatic heterocycles.